The van der Waals surface area contributed by atoms with Crippen LogP contribution in [0.1, 0.15) is 21.5 Å². The highest BCUT2D eigenvalue weighted by Crippen LogP contribution is 2.17. The number of aryl methyl sites for hydroxylation is 1. The number of anilines is 1. The second-order valence-electron chi connectivity index (χ2n) is 4.52. The minimum Gasteiger partial charge on any atom is -0.478 e. The van der Waals surface area contributed by atoms with Gasteiger partial charge < -0.3 is 10.4 Å². The number of nitrogens with one attached hydrogen (secondary N) is 1. The molecule has 0 saturated carbocycles. The molecule has 0 radical (unpaired) electrons. The second-order valence-corrected chi connectivity index (χ2v) is 5.27. The lowest BCUT2D eigenvalue weighted by Crippen LogP contribution is -2.16. The van der Waals surface area contributed by atoms with Gasteiger partial charge in [-0.05, 0) is 46.1 Å². The Labute approximate surface area is 130 Å². The maximum atomic E-state index is 12.0. The number of aromatic nitrogens is 1. The van der Waals surface area contributed by atoms with Gasteiger partial charge in [0.25, 0.3) is 0 Å². The zero-order valence-electron chi connectivity index (χ0n) is 11.3. The SMILES string of the molecule is Cc1cc(NC(=O)Cc2ccccc2C(=O)O)cnc1Br. The molecule has 0 bridgehead atoms. The summed E-state index contributed by atoms with van der Waals surface area (Å²) in [5, 5.41) is 11.8. The fourth-order valence-electron chi connectivity index (χ4n) is 1.89. The Bertz CT molecular complexity index is 701. The van der Waals surface area contributed by atoms with Gasteiger partial charge in [-0.3, -0.25) is 4.79 Å². The number of pyridine rings is 1. The van der Waals surface area contributed by atoms with Gasteiger partial charge in [0.1, 0.15) is 4.60 Å². The number of amides is 1. The van der Waals surface area contributed by atoms with Crippen LogP contribution in [0.2, 0.25) is 0 Å². The average Bonchev–Trinajstić information content (AvgIpc) is 2.43. The molecule has 108 valence electrons. The molecule has 0 aliphatic carbocycles. The van der Waals surface area contributed by atoms with Crippen LogP contribution in [0.25, 0.3) is 0 Å². The highest BCUT2D eigenvalue weighted by atomic mass is 79.9. The number of carboxylic acids is 1. The van der Waals surface area contributed by atoms with Gasteiger partial charge in [0, 0.05) is 0 Å². The van der Waals surface area contributed by atoms with E-state index in [0.717, 1.165) is 10.2 Å². The monoisotopic (exact) mass is 348 g/mol. The van der Waals surface area contributed by atoms with E-state index in [1.165, 1.54) is 12.3 Å². The predicted molar refractivity (Wildman–Crippen MR) is 82.4 cm³/mol. The van der Waals surface area contributed by atoms with Gasteiger partial charge in [0.15, 0.2) is 0 Å². The van der Waals surface area contributed by atoms with Crippen LogP contribution < -0.4 is 5.32 Å². The van der Waals surface area contributed by atoms with Crippen molar-refractivity contribution in [2.45, 2.75) is 13.3 Å². The number of hydrogen-bond donors (Lipinski definition) is 2. The Kier molecular flexibility index (Phi) is 4.70. The van der Waals surface area contributed by atoms with E-state index in [-0.39, 0.29) is 17.9 Å². The normalized spacial score (nSPS) is 10.2. The molecule has 1 aromatic carbocycles. The Morgan fingerprint density at radius 2 is 2.05 bits per heavy atom. The summed E-state index contributed by atoms with van der Waals surface area (Å²) in [6.07, 6.45) is 1.54. The predicted octanol–water partition coefficient (Wildman–Crippen LogP) is 3.03. The molecule has 2 rings (SSSR count). The van der Waals surface area contributed by atoms with Crippen LogP contribution in [0, 0.1) is 6.92 Å². The molecule has 0 saturated heterocycles. The minimum absolute atomic E-state index is 0.00240. The topological polar surface area (TPSA) is 79.3 Å². The van der Waals surface area contributed by atoms with Crippen molar-refractivity contribution in [2.24, 2.45) is 0 Å². The van der Waals surface area contributed by atoms with Crippen molar-refractivity contribution in [1.82, 2.24) is 4.98 Å². The van der Waals surface area contributed by atoms with Crippen molar-refractivity contribution in [2.75, 3.05) is 5.32 Å². The van der Waals surface area contributed by atoms with Crippen LogP contribution in [0.4, 0.5) is 5.69 Å². The molecule has 2 aromatic rings. The molecule has 1 aromatic heterocycles. The van der Waals surface area contributed by atoms with Crippen molar-refractivity contribution in [1.29, 1.82) is 0 Å². The summed E-state index contributed by atoms with van der Waals surface area (Å²) in [6.45, 7) is 1.87. The van der Waals surface area contributed by atoms with Gasteiger partial charge in [-0.1, -0.05) is 18.2 Å². The molecule has 0 aliphatic rings. The largest absolute Gasteiger partial charge is 0.478 e. The van der Waals surface area contributed by atoms with E-state index >= 15 is 0 Å². The van der Waals surface area contributed by atoms with Crippen LogP contribution in [-0.2, 0) is 11.2 Å². The highest BCUT2D eigenvalue weighted by Gasteiger charge is 2.12. The van der Waals surface area contributed by atoms with Crippen molar-refractivity contribution in [3.05, 3.63) is 57.8 Å². The van der Waals surface area contributed by atoms with E-state index < -0.39 is 5.97 Å². The number of aromatic carboxylic acids is 1. The lowest BCUT2D eigenvalue weighted by atomic mass is 10.0. The number of hydrogen-bond acceptors (Lipinski definition) is 3. The Morgan fingerprint density at radius 1 is 1.33 bits per heavy atom. The molecule has 5 nitrogen and oxygen atoms in total. The molecule has 1 amide bonds. The van der Waals surface area contributed by atoms with Crippen molar-refractivity contribution < 1.29 is 14.7 Å². The summed E-state index contributed by atoms with van der Waals surface area (Å²) >= 11 is 3.29. The third-order valence-electron chi connectivity index (χ3n) is 2.90. The zero-order chi connectivity index (χ0) is 15.4. The van der Waals surface area contributed by atoms with Crippen LogP contribution in [0.5, 0.6) is 0 Å². The van der Waals surface area contributed by atoms with Crippen LogP contribution in [-0.4, -0.2) is 22.0 Å². The van der Waals surface area contributed by atoms with Crippen molar-refractivity contribution >= 4 is 33.5 Å². The number of nitrogens with zero attached hydrogens (tertiary/aromatic N) is 1. The lowest BCUT2D eigenvalue weighted by molar-refractivity contribution is -0.115. The maximum Gasteiger partial charge on any atom is 0.335 e. The quantitative estimate of drug-likeness (QED) is 0.832. The Balaban J connectivity index is 2.12. The van der Waals surface area contributed by atoms with Gasteiger partial charge in [-0.15, -0.1) is 0 Å². The summed E-state index contributed by atoms with van der Waals surface area (Å²) in [5.41, 5.74) is 2.09. The minimum atomic E-state index is -1.04. The Morgan fingerprint density at radius 3 is 2.71 bits per heavy atom. The first-order chi connectivity index (χ1) is 9.97. The van der Waals surface area contributed by atoms with E-state index in [9.17, 15) is 9.59 Å². The zero-order valence-corrected chi connectivity index (χ0v) is 12.8. The average molecular weight is 349 g/mol. The molecule has 2 N–H and O–H groups in total. The number of carbonyl (C=O) groups is 2. The first kappa shape index (κ1) is 15.2. The molecule has 0 spiro atoms. The van der Waals surface area contributed by atoms with Crippen LogP contribution in [0.3, 0.4) is 0 Å². The first-order valence-electron chi connectivity index (χ1n) is 6.20. The van der Waals surface area contributed by atoms with Crippen molar-refractivity contribution in [3.63, 3.8) is 0 Å². The maximum absolute atomic E-state index is 12.0. The number of carboxylic acid groups (broad SMARTS) is 1. The summed E-state index contributed by atoms with van der Waals surface area (Å²) in [4.78, 5) is 27.2. The summed E-state index contributed by atoms with van der Waals surface area (Å²) in [7, 11) is 0. The van der Waals surface area contributed by atoms with Crippen LogP contribution in [0.15, 0.2) is 41.1 Å². The van der Waals surface area contributed by atoms with Gasteiger partial charge >= 0.3 is 5.97 Å². The standard InChI is InChI=1S/C15H13BrN2O3/c1-9-6-11(8-17-14(9)16)18-13(19)7-10-4-2-3-5-12(10)15(20)21/h2-6,8H,7H2,1H3,(H,18,19)(H,20,21). The number of halogens is 1. The molecular weight excluding hydrogens is 336 g/mol. The lowest BCUT2D eigenvalue weighted by Gasteiger charge is -2.08. The third kappa shape index (κ3) is 3.88. The summed E-state index contributed by atoms with van der Waals surface area (Å²) in [6, 6.07) is 8.25. The number of carbonyl (C=O) groups excluding carboxylic acids is 1. The highest BCUT2D eigenvalue weighted by molar-refractivity contribution is 9.10. The molecule has 6 heteroatoms. The van der Waals surface area contributed by atoms with Gasteiger partial charge in [-0.2, -0.15) is 0 Å². The molecule has 1 heterocycles. The Hall–Kier alpha value is -2.21. The molecular formula is C15H13BrN2O3. The molecule has 0 unspecified atom stereocenters. The van der Waals surface area contributed by atoms with E-state index in [2.05, 4.69) is 26.2 Å². The van der Waals surface area contributed by atoms with E-state index in [1.54, 1.807) is 24.3 Å². The second kappa shape index (κ2) is 6.49. The van der Waals surface area contributed by atoms with Crippen molar-refractivity contribution in [3.8, 4) is 0 Å². The summed E-state index contributed by atoms with van der Waals surface area (Å²) < 4.78 is 0.719. The molecule has 0 fully saturated rings. The van der Waals surface area contributed by atoms with Crippen LogP contribution >= 0.6 is 15.9 Å². The smallest absolute Gasteiger partial charge is 0.335 e. The fourth-order valence-corrected chi connectivity index (χ4v) is 2.10. The van der Waals surface area contributed by atoms with Gasteiger partial charge in [0.2, 0.25) is 5.91 Å². The molecule has 0 aliphatic heterocycles. The fraction of sp³-hybridized carbons (Fsp3) is 0.133. The van der Waals surface area contributed by atoms with E-state index in [1.807, 2.05) is 6.92 Å². The van der Waals surface area contributed by atoms with Gasteiger partial charge in [0.05, 0.1) is 23.9 Å². The summed E-state index contributed by atoms with van der Waals surface area (Å²) in [5.74, 6) is -1.33. The molecule has 0 atom stereocenters. The number of benzene rings is 1. The third-order valence-corrected chi connectivity index (χ3v) is 3.73. The van der Waals surface area contributed by atoms with E-state index in [4.69, 9.17) is 5.11 Å². The molecule has 21 heavy (non-hydrogen) atoms. The first-order valence-corrected chi connectivity index (χ1v) is 7.00. The number of rotatable bonds is 4. The van der Waals surface area contributed by atoms with E-state index in [0.29, 0.717) is 11.3 Å². The van der Waals surface area contributed by atoms with Gasteiger partial charge in [-0.25, -0.2) is 9.78 Å².